The second-order valence-corrected chi connectivity index (χ2v) is 6.85. The molecule has 0 saturated heterocycles. The number of carbonyl (C=O) groups excluding carboxylic acids is 4. The van der Waals surface area contributed by atoms with Crippen molar-refractivity contribution in [3.8, 4) is 0 Å². The van der Waals surface area contributed by atoms with Gasteiger partial charge in [0.2, 0.25) is 23.6 Å². The predicted molar refractivity (Wildman–Crippen MR) is 105 cm³/mol. The van der Waals surface area contributed by atoms with Gasteiger partial charge in [-0.25, -0.2) is 4.79 Å². The summed E-state index contributed by atoms with van der Waals surface area (Å²) in [6, 6.07) is -5.78. The molecule has 0 aliphatic rings. The lowest BCUT2D eigenvalue weighted by Crippen LogP contribution is -2.57. The second kappa shape index (κ2) is 13.5. The fourth-order valence-electron chi connectivity index (χ4n) is 2.32. The van der Waals surface area contributed by atoms with E-state index in [9.17, 15) is 33.6 Å². The Hall–Kier alpha value is -3.75. The van der Waals surface area contributed by atoms with E-state index in [2.05, 4.69) is 10.6 Å². The molecule has 0 heterocycles. The number of carbonyl (C=O) groups is 7. The number of primary amides is 1. The van der Waals surface area contributed by atoms with Gasteiger partial charge in [0, 0.05) is 12.8 Å². The molecule has 0 aromatic heterocycles. The lowest BCUT2D eigenvalue weighted by Gasteiger charge is -2.24. The molecule has 180 valence electrons. The van der Waals surface area contributed by atoms with Crippen LogP contribution in [0.2, 0.25) is 0 Å². The normalized spacial score (nSPS) is 14.2. The van der Waals surface area contributed by atoms with E-state index >= 15 is 0 Å². The third-order valence-electron chi connectivity index (χ3n) is 3.99. The minimum atomic E-state index is -1.62. The summed E-state index contributed by atoms with van der Waals surface area (Å²) in [5, 5.41) is 33.0. The van der Waals surface area contributed by atoms with Crippen molar-refractivity contribution in [2.75, 3.05) is 0 Å². The van der Waals surface area contributed by atoms with E-state index in [1.807, 2.05) is 5.32 Å². The Morgan fingerprint density at radius 3 is 1.53 bits per heavy atom. The summed E-state index contributed by atoms with van der Waals surface area (Å²) in [7, 11) is 0. The van der Waals surface area contributed by atoms with E-state index in [1.165, 1.54) is 6.92 Å². The van der Waals surface area contributed by atoms with Crippen molar-refractivity contribution in [2.45, 2.75) is 63.2 Å². The Morgan fingerprint density at radius 1 is 0.719 bits per heavy atom. The van der Waals surface area contributed by atoms with E-state index in [4.69, 9.17) is 26.8 Å². The molecule has 0 saturated carbocycles. The molecule has 32 heavy (non-hydrogen) atoms. The maximum Gasteiger partial charge on any atom is 0.326 e. The summed E-state index contributed by atoms with van der Waals surface area (Å²) < 4.78 is 0. The molecule has 15 heteroatoms. The van der Waals surface area contributed by atoms with E-state index in [-0.39, 0.29) is 0 Å². The first-order chi connectivity index (χ1) is 14.7. The third kappa shape index (κ3) is 11.4. The number of nitrogens with one attached hydrogen (secondary N) is 3. The van der Waals surface area contributed by atoms with Crippen molar-refractivity contribution in [3.63, 3.8) is 0 Å². The van der Waals surface area contributed by atoms with Crippen LogP contribution in [0.3, 0.4) is 0 Å². The highest BCUT2D eigenvalue weighted by Gasteiger charge is 2.31. The molecule has 0 radical (unpaired) electrons. The van der Waals surface area contributed by atoms with E-state index < -0.39 is 97.8 Å². The van der Waals surface area contributed by atoms with Gasteiger partial charge in [0.25, 0.3) is 0 Å². The van der Waals surface area contributed by atoms with Crippen LogP contribution in [0, 0.1) is 0 Å². The Kier molecular flexibility index (Phi) is 11.9. The molecule has 4 amide bonds. The molecule has 0 spiro atoms. The zero-order valence-electron chi connectivity index (χ0n) is 17.2. The SMILES string of the molecule is CC(N)C(=O)NC(CC(N)=O)C(=O)NC(CCC(=O)O)C(=O)NC(CCC(=O)O)C(=O)O. The largest absolute Gasteiger partial charge is 0.481 e. The van der Waals surface area contributed by atoms with Crippen molar-refractivity contribution in [3.05, 3.63) is 0 Å². The Morgan fingerprint density at radius 2 is 1.12 bits per heavy atom. The van der Waals surface area contributed by atoms with Gasteiger partial charge in [0.1, 0.15) is 18.1 Å². The minimum absolute atomic E-state index is 0.468. The van der Waals surface area contributed by atoms with Crippen LogP contribution < -0.4 is 27.4 Å². The number of amides is 4. The molecule has 10 N–H and O–H groups in total. The molecular weight excluding hydrogens is 434 g/mol. The van der Waals surface area contributed by atoms with Crippen LogP contribution >= 0.6 is 0 Å². The summed E-state index contributed by atoms with van der Waals surface area (Å²) in [5.41, 5.74) is 10.4. The number of carboxylic acid groups (broad SMARTS) is 3. The summed E-state index contributed by atoms with van der Waals surface area (Å²) in [6.07, 6.45) is -2.77. The molecule has 0 rings (SSSR count). The topological polar surface area (TPSA) is 268 Å². The summed E-state index contributed by atoms with van der Waals surface area (Å²) in [6.45, 7) is 1.31. The fraction of sp³-hybridized carbons (Fsp3) is 0.588. The average molecular weight is 461 g/mol. The standard InChI is InChI=1S/C17H27N5O10/c1-7(18)14(28)22-10(6-11(19)23)16(30)20-8(2-4-12(24)25)15(29)21-9(17(31)32)3-5-13(26)27/h7-10H,2-6,18H2,1H3,(H2,19,23)(H,20,30)(H,21,29)(H,22,28)(H,24,25)(H,26,27)(H,31,32). The lowest BCUT2D eigenvalue weighted by molar-refractivity contribution is -0.144. The van der Waals surface area contributed by atoms with Gasteiger partial charge in [-0.05, 0) is 19.8 Å². The maximum absolute atomic E-state index is 12.5. The maximum atomic E-state index is 12.5. The lowest BCUT2D eigenvalue weighted by atomic mass is 10.1. The first-order valence-corrected chi connectivity index (χ1v) is 9.36. The van der Waals surface area contributed by atoms with Crippen LogP contribution in [0.1, 0.15) is 39.0 Å². The zero-order valence-corrected chi connectivity index (χ0v) is 17.2. The van der Waals surface area contributed by atoms with Gasteiger partial charge < -0.3 is 42.7 Å². The predicted octanol–water partition coefficient (Wildman–Crippen LogP) is -3.52. The van der Waals surface area contributed by atoms with Crippen LogP contribution in [0.15, 0.2) is 0 Å². The van der Waals surface area contributed by atoms with Gasteiger partial charge in [0.05, 0.1) is 12.5 Å². The van der Waals surface area contributed by atoms with Crippen molar-refractivity contribution in [1.82, 2.24) is 16.0 Å². The van der Waals surface area contributed by atoms with Gasteiger partial charge in [-0.2, -0.15) is 0 Å². The number of nitrogens with two attached hydrogens (primary N) is 2. The Bertz CT molecular complexity index is 754. The zero-order chi connectivity index (χ0) is 25.0. The number of rotatable bonds is 15. The second-order valence-electron chi connectivity index (χ2n) is 6.85. The number of aliphatic carboxylic acids is 3. The van der Waals surface area contributed by atoms with Gasteiger partial charge in [-0.15, -0.1) is 0 Å². The van der Waals surface area contributed by atoms with Crippen LogP contribution in [-0.2, 0) is 33.6 Å². The Balaban J connectivity index is 5.52. The fourth-order valence-corrected chi connectivity index (χ4v) is 2.32. The number of carboxylic acids is 3. The molecule has 0 aliphatic carbocycles. The summed E-state index contributed by atoms with van der Waals surface area (Å²) in [5.74, 6) is -8.12. The molecule has 15 nitrogen and oxygen atoms in total. The van der Waals surface area contributed by atoms with Crippen molar-refractivity contribution >= 4 is 41.5 Å². The Labute approximate surface area is 181 Å². The highest BCUT2D eigenvalue weighted by atomic mass is 16.4. The van der Waals surface area contributed by atoms with Crippen molar-refractivity contribution in [2.24, 2.45) is 11.5 Å². The molecule has 0 aromatic carbocycles. The quantitative estimate of drug-likeness (QED) is 0.118. The molecule has 4 unspecified atom stereocenters. The van der Waals surface area contributed by atoms with Crippen LogP contribution in [0.4, 0.5) is 0 Å². The minimum Gasteiger partial charge on any atom is -0.481 e. The van der Waals surface area contributed by atoms with Crippen LogP contribution in [0.25, 0.3) is 0 Å². The molecule has 0 fully saturated rings. The van der Waals surface area contributed by atoms with Crippen LogP contribution in [-0.4, -0.2) is 81.0 Å². The third-order valence-corrected chi connectivity index (χ3v) is 3.99. The van der Waals surface area contributed by atoms with E-state index in [1.54, 1.807) is 0 Å². The average Bonchev–Trinajstić information content (AvgIpc) is 2.66. The summed E-state index contributed by atoms with van der Waals surface area (Å²) >= 11 is 0. The number of hydrogen-bond donors (Lipinski definition) is 8. The molecule has 0 aliphatic heterocycles. The molecular formula is C17H27N5O10. The van der Waals surface area contributed by atoms with Gasteiger partial charge in [-0.1, -0.05) is 0 Å². The highest BCUT2D eigenvalue weighted by molar-refractivity contribution is 5.96. The monoisotopic (exact) mass is 461 g/mol. The number of hydrogen-bond acceptors (Lipinski definition) is 8. The van der Waals surface area contributed by atoms with Gasteiger partial charge in [-0.3, -0.25) is 28.8 Å². The highest BCUT2D eigenvalue weighted by Crippen LogP contribution is 2.04. The first-order valence-electron chi connectivity index (χ1n) is 9.36. The van der Waals surface area contributed by atoms with E-state index in [0.29, 0.717) is 0 Å². The molecule has 0 bridgehead atoms. The van der Waals surface area contributed by atoms with Crippen molar-refractivity contribution in [1.29, 1.82) is 0 Å². The first kappa shape index (κ1) is 28.2. The van der Waals surface area contributed by atoms with Crippen molar-refractivity contribution < 1.29 is 48.9 Å². The smallest absolute Gasteiger partial charge is 0.326 e. The van der Waals surface area contributed by atoms with Crippen LogP contribution in [0.5, 0.6) is 0 Å². The van der Waals surface area contributed by atoms with Gasteiger partial charge >= 0.3 is 17.9 Å². The molecule has 4 atom stereocenters. The van der Waals surface area contributed by atoms with E-state index in [0.717, 1.165) is 0 Å². The molecule has 0 aromatic rings. The van der Waals surface area contributed by atoms with Gasteiger partial charge in [0.15, 0.2) is 0 Å². The summed E-state index contributed by atoms with van der Waals surface area (Å²) in [4.78, 5) is 80.9.